The van der Waals surface area contributed by atoms with Gasteiger partial charge in [-0.1, -0.05) is 44.4 Å². The molecule has 0 saturated heterocycles. The molecule has 0 amide bonds. The van der Waals surface area contributed by atoms with Crippen molar-refractivity contribution in [2.24, 2.45) is 0 Å². The number of carbonyl (C=O) groups excluding carboxylic acids is 1. The van der Waals surface area contributed by atoms with Gasteiger partial charge in [-0.15, -0.1) is 0 Å². The molecule has 1 atom stereocenters. The van der Waals surface area contributed by atoms with Crippen LogP contribution in [0.1, 0.15) is 56.2 Å². The summed E-state index contributed by atoms with van der Waals surface area (Å²) in [4.78, 5) is 25.3. The van der Waals surface area contributed by atoms with Gasteiger partial charge in [0.05, 0.1) is 10.3 Å². The fourth-order valence-electron chi connectivity index (χ4n) is 3.78. The van der Waals surface area contributed by atoms with Gasteiger partial charge >= 0.3 is 11.6 Å². The molecule has 7 nitrogen and oxygen atoms in total. The van der Waals surface area contributed by atoms with E-state index in [1.807, 2.05) is 20.8 Å². The lowest BCUT2D eigenvalue weighted by Crippen LogP contribution is -2.42. The molecule has 1 heterocycles. The third-order valence-electron chi connectivity index (χ3n) is 5.53. The summed E-state index contributed by atoms with van der Waals surface area (Å²) in [5.74, 6) is -0.456. The van der Waals surface area contributed by atoms with Crippen molar-refractivity contribution in [3.05, 3.63) is 69.6 Å². The number of carbonyl (C=O) groups is 1. The van der Waals surface area contributed by atoms with E-state index in [0.717, 1.165) is 29.5 Å². The standard InChI is InChI=1S/C26H31NO6S/c1-5-7-9-19-16-24(28)32-22-14-18(4)15-23(25(19)22)33-26(29)21(8-6-2)27-34(30,31)20-12-10-17(3)11-13-20/h10-16,21,27H,5-9H2,1-4H3/t21-/m1/s1. The third kappa shape index (κ3) is 6.12. The van der Waals surface area contributed by atoms with Gasteiger partial charge < -0.3 is 9.15 Å². The predicted molar refractivity (Wildman–Crippen MR) is 132 cm³/mol. The van der Waals surface area contributed by atoms with E-state index in [1.54, 1.807) is 31.2 Å². The Balaban J connectivity index is 1.96. The number of ether oxygens (including phenoxy) is 1. The largest absolute Gasteiger partial charge is 0.425 e. The molecule has 0 saturated carbocycles. The molecule has 182 valence electrons. The van der Waals surface area contributed by atoms with Gasteiger partial charge in [0.15, 0.2) is 0 Å². The molecule has 34 heavy (non-hydrogen) atoms. The second-order valence-corrected chi connectivity index (χ2v) is 10.2. The first-order valence-corrected chi connectivity index (χ1v) is 13.0. The summed E-state index contributed by atoms with van der Waals surface area (Å²) in [5, 5.41) is 0.559. The fourth-order valence-corrected chi connectivity index (χ4v) is 5.00. The van der Waals surface area contributed by atoms with E-state index >= 15 is 0 Å². The second-order valence-electron chi connectivity index (χ2n) is 8.53. The van der Waals surface area contributed by atoms with Crippen LogP contribution in [0.5, 0.6) is 5.75 Å². The van der Waals surface area contributed by atoms with Crippen LogP contribution in [0.2, 0.25) is 0 Å². The summed E-state index contributed by atoms with van der Waals surface area (Å²) >= 11 is 0. The first-order chi connectivity index (χ1) is 16.1. The van der Waals surface area contributed by atoms with Crippen molar-refractivity contribution in [1.29, 1.82) is 0 Å². The number of hydrogen-bond donors (Lipinski definition) is 1. The maximum atomic E-state index is 13.2. The summed E-state index contributed by atoms with van der Waals surface area (Å²) < 4.78 is 39.4. The Morgan fingerprint density at radius 1 is 1.03 bits per heavy atom. The third-order valence-corrected chi connectivity index (χ3v) is 7.02. The number of unbranched alkanes of at least 4 members (excludes halogenated alkanes) is 1. The highest BCUT2D eigenvalue weighted by Gasteiger charge is 2.28. The van der Waals surface area contributed by atoms with Crippen molar-refractivity contribution in [3.63, 3.8) is 0 Å². The Kier molecular flexibility index (Phi) is 8.28. The van der Waals surface area contributed by atoms with Gasteiger partial charge in [0.2, 0.25) is 10.0 Å². The second kappa shape index (κ2) is 11.0. The van der Waals surface area contributed by atoms with Crippen LogP contribution in [0.4, 0.5) is 0 Å². The van der Waals surface area contributed by atoms with Crippen LogP contribution in [-0.2, 0) is 21.2 Å². The zero-order chi connectivity index (χ0) is 24.9. The van der Waals surface area contributed by atoms with E-state index in [2.05, 4.69) is 4.72 Å². The van der Waals surface area contributed by atoms with Crippen LogP contribution < -0.4 is 15.1 Å². The van der Waals surface area contributed by atoms with Crippen LogP contribution in [0, 0.1) is 13.8 Å². The van der Waals surface area contributed by atoms with Crippen molar-refractivity contribution < 1.29 is 22.4 Å². The van der Waals surface area contributed by atoms with Gasteiger partial charge in [0, 0.05) is 6.07 Å². The predicted octanol–water partition coefficient (Wildman–Crippen LogP) is 4.81. The number of fused-ring (bicyclic) bond motifs is 1. The molecular weight excluding hydrogens is 454 g/mol. The van der Waals surface area contributed by atoms with Crippen LogP contribution in [0.3, 0.4) is 0 Å². The molecule has 3 aromatic rings. The Morgan fingerprint density at radius 2 is 1.74 bits per heavy atom. The molecule has 2 aromatic carbocycles. The number of aryl methyl sites for hydroxylation is 3. The molecule has 0 fully saturated rings. The number of hydrogen-bond acceptors (Lipinski definition) is 6. The van der Waals surface area contributed by atoms with Gasteiger partial charge in [0.25, 0.3) is 0 Å². The Bertz CT molecular complexity index is 1330. The van der Waals surface area contributed by atoms with Gasteiger partial charge in [-0.05, 0) is 68.5 Å². The highest BCUT2D eigenvalue weighted by Crippen LogP contribution is 2.31. The Morgan fingerprint density at radius 3 is 2.38 bits per heavy atom. The topological polar surface area (TPSA) is 103 Å². The first-order valence-electron chi connectivity index (χ1n) is 11.5. The molecule has 0 spiro atoms. The average molecular weight is 486 g/mol. The normalized spacial score (nSPS) is 12.6. The molecule has 1 N–H and O–H groups in total. The van der Waals surface area contributed by atoms with E-state index in [9.17, 15) is 18.0 Å². The number of benzene rings is 2. The zero-order valence-electron chi connectivity index (χ0n) is 20.0. The van der Waals surface area contributed by atoms with Crippen molar-refractivity contribution in [3.8, 4) is 5.75 Å². The molecule has 0 aliphatic rings. The van der Waals surface area contributed by atoms with Crippen molar-refractivity contribution in [2.45, 2.75) is 70.7 Å². The molecule has 0 aliphatic carbocycles. The minimum Gasteiger partial charge on any atom is -0.425 e. The van der Waals surface area contributed by atoms with Gasteiger partial charge in [-0.3, -0.25) is 0 Å². The number of sulfonamides is 1. The number of rotatable bonds is 10. The lowest BCUT2D eigenvalue weighted by molar-refractivity contribution is -0.136. The van der Waals surface area contributed by atoms with Crippen molar-refractivity contribution in [2.75, 3.05) is 0 Å². The minimum atomic E-state index is -3.92. The van der Waals surface area contributed by atoms with E-state index in [1.165, 1.54) is 18.2 Å². The SMILES string of the molecule is CCCCc1cc(=O)oc2cc(C)cc(OC(=O)[C@@H](CCC)NS(=O)(=O)c3ccc(C)cc3)c12. The maximum absolute atomic E-state index is 13.2. The molecule has 1 aromatic heterocycles. The summed E-state index contributed by atoms with van der Waals surface area (Å²) in [6.45, 7) is 7.58. The molecule has 3 rings (SSSR count). The molecule has 0 unspecified atom stereocenters. The zero-order valence-corrected chi connectivity index (χ0v) is 20.8. The fraction of sp³-hybridized carbons (Fsp3) is 0.385. The highest BCUT2D eigenvalue weighted by atomic mass is 32.2. The molecule has 0 aliphatic heterocycles. The maximum Gasteiger partial charge on any atom is 0.336 e. The highest BCUT2D eigenvalue weighted by molar-refractivity contribution is 7.89. The van der Waals surface area contributed by atoms with Crippen LogP contribution >= 0.6 is 0 Å². The smallest absolute Gasteiger partial charge is 0.336 e. The molecule has 0 bridgehead atoms. The summed E-state index contributed by atoms with van der Waals surface area (Å²) in [6.07, 6.45) is 3.26. The Hall–Kier alpha value is -2.97. The van der Waals surface area contributed by atoms with Crippen molar-refractivity contribution >= 4 is 27.0 Å². The number of nitrogens with one attached hydrogen (secondary N) is 1. The minimum absolute atomic E-state index is 0.0802. The average Bonchev–Trinajstić information content (AvgIpc) is 2.76. The molecule has 0 radical (unpaired) electrons. The van der Waals surface area contributed by atoms with Gasteiger partial charge in [0.1, 0.15) is 17.4 Å². The monoisotopic (exact) mass is 485 g/mol. The first kappa shape index (κ1) is 25.6. The lowest BCUT2D eigenvalue weighted by atomic mass is 10.0. The van der Waals surface area contributed by atoms with Crippen molar-refractivity contribution in [1.82, 2.24) is 4.72 Å². The van der Waals surface area contributed by atoms with Crippen LogP contribution in [-0.4, -0.2) is 20.4 Å². The Labute approximate surface area is 200 Å². The molecular formula is C26H31NO6S. The number of esters is 1. The summed E-state index contributed by atoms with van der Waals surface area (Å²) in [7, 11) is -3.92. The molecule has 8 heteroatoms. The van der Waals surface area contributed by atoms with E-state index in [0.29, 0.717) is 23.8 Å². The van der Waals surface area contributed by atoms with Gasteiger partial charge in [-0.25, -0.2) is 18.0 Å². The van der Waals surface area contributed by atoms with E-state index < -0.39 is 27.7 Å². The van der Waals surface area contributed by atoms with Gasteiger partial charge in [-0.2, -0.15) is 4.72 Å². The summed E-state index contributed by atoms with van der Waals surface area (Å²) in [6, 6.07) is 10.2. The van der Waals surface area contributed by atoms with Crippen LogP contribution in [0.15, 0.2) is 56.6 Å². The van der Waals surface area contributed by atoms with E-state index in [4.69, 9.17) is 9.15 Å². The summed E-state index contributed by atoms with van der Waals surface area (Å²) in [5.41, 5.74) is 2.30. The van der Waals surface area contributed by atoms with Crippen LogP contribution in [0.25, 0.3) is 11.0 Å². The lowest BCUT2D eigenvalue weighted by Gasteiger charge is -2.18. The quantitative estimate of drug-likeness (QED) is 0.251. The van der Waals surface area contributed by atoms with E-state index in [-0.39, 0.29) is 17.1 Å².